The molecule has 11 heteroatoms. The van der Waals surface area contributed by atoms with Crippen molar-refractivity contribution in [2.24, 2.45) is 0 Å². The van der Waals surface area contributed by atoms with Crippen molar-refractivity contribution in [2.75, 3.05) is 23.7 Å². The molecule has 192 valence electrons. The summed E-state index contributed by atoms with van der Waals surface area (Å²) in [7, 11) is -4.02. The lowest BCUT2D eigenvalue weighted by atomic mass is 10.1. The molecular formula is C24H30Cl2FN3O4S. The summed E-state index contributed by atoms with van der Waals surface area (Å²) < 4.78 is 40.2. The van der Waals surface area contributed by atoms with Crippen LogP contribution in [0.4, 0.5) is 10.1 Å². The Morgan fingerprint density at radius 3 is 2.34 bits per heavy atom. The second kappa shape index (κ2) is 13.1. The minimum absolute atomic E-state index is 0.0235. The van der Waals surface area contributed by atoms with Crippen molar-refractivity contribution in [3.05, 3.63) is 63.9 Å². The fourth-order valence-electron chi connectivity index (χ4n) is 3.51. The van der Waals surface area contributed by atoms with Gasteiger partial charge < -0.3 is 10.2 Å². The van der Waals surface area contributed by atoms with Gasteiger partial charge in [0, 0.05) is 13.1 Å². The van der Waals surface area contributed by atoms with Crippen molar-refractivity contribution in [2.45, 2.75) is 45.7 Å². The molecule has 2 aromatic rings. The highest BCUT2D eigenvalue weighted by atomic mass is 35.5. The van der Waals surface area contributed by atoms with Gasteiger partial charge in [-0.25, -0.2) is 12.8 Å². The number of carbonyl (C=O) groups excluding carboxylic acids is 2. The zero-order valence-electron chi connectivity index (χ0n) is 19.9. The van der Waals surface area contributed by atoms with Crippen LogP contribution in [0, 0.1) is 5.82 Å². The van der Waals surface area contributed by atoms with Gasteiger partial charge in [0.05, 0.1) is 22.0 Å². The first kappa shape index (κ1) is 28.9. The van der Waals surface area contributed by atoms with Crippen molar-refractivity contribution in [3.8, 4) is 0 Å². The minimum atomic E-state index is -4.02. The second-order valence-electron chi connectivity index (χ2n) is 8.06. The highest BCUT2D eigenvalue weighted by Gasteiger charge is 2.32. The number of rotatable bonds is 12. The van der Waals surface area contributed by atoms with Crippen LogP contribution >= 0.6 is 23.2 Å². The number of amides is 2. The molecule has 2 rings (SSSR count). The summed E-state index contributed by atoms with van der Waals surface area (Å²) in [6, 6.07) is 9.24. The number of unbranched alkanes of at least 4 members (excludes halogenated alkanes) is 1. The summed E-state index contributed by atoms with van der Waals surface area (Å²) in [5.41, 5.74) is 0.350. The van der Waals surface area contributed by atoms with E-state index in [-0.39, 0.29) is 29.6 Å². The minimum Gasteiger partial charge on any atom is -0.354 e. The second-order valence-corrected chi connectivity index (χ2v) is 10.8. The molecule has 7 nitrogen and oxygen atoms in total. The number of hydrogen-bond acceptors (Lipinski definition) is 4. The monoisotopic (exact) mass is 545 g/mol. The smallest absolute Gasteiger partial charge is 0.244 e. The van der Waals surface area contributed by atoms with E-state index >= 15 is 0 Å². The Balaban J connectivity index is 2.44. The maximum Gasteiger partial charge on any atom is 0.244 e. The van der Waals surface area contributed by atoms with Crippen LogP contribution in [0.2, 0.25) is 10.0 Å². The summed E-state index contributed by atoms with van der Waals surface area (Å²) in [5, 5.41) is 3.44. The largest absolute Gasteiger partial charge is 0.354 e. The fourth-order valence-corrected chi connectivity index (χ4v) is 4.68. The number of hydrogen-bond donors (Lipinski definition) is 1. The van der Waals surface area contributed by atoms with Crippen LogP contribution < -0.4 is 9.62 Å². The maximum absolute atomic E-state index is 14.5. The van der Waals surface area contributed by atoms with Crippen molar-refractivity contribution in [1.29, 1.82) is 0 Å². The molecule has 1 atom stereocenters. The number of halogens is 3. The third-order valence-electron chi connectivity index (χ3n) is 5.35. The Hall–Kier alpha value is -2.36. The van der Waals surface area contributed by atoms with Gasteiger partial charge >= 0.3 is 0 Å². The van der Waals surface area contributed by atoms with Crippen molar-refractivity contribution < 1.29 is 22.4 Å². The molecule has 0 aliphatic rings. The van der Waals surface area contributed by atoms with E-state index in [1.165, 1.54) is 23.1 Å². The van der Waals surface area contributed by atoms with Crippen LogP contribution in [0.5, 0.6) is 0 Å². The van der Waals surface area contributed by atoms with E-state index in [9.17, 15) is 22.4 Å². The summed E-state index contributed by atoms with van der Waals surface area (Å²) in [6.45, 7) is 3.49. The molecule has 0 aliphatic heterocycles. The number of para-hydroxylation sites is 1. The Bertz CT molecular complexity index is 1150. The topological polar surface area (TPSA) is 86.8 Å². The average Bonchev–Trinajstić information content (AvgIpc) is 2.79. The molecular weight excluding hydrogens is 516 g/mol. The molecule has 0 bridgehead atoms. The molecule has 35 heavy (non-hydrogen) atoms. The van der Waals surface area contributed by atoms with Crippen molar-refractivity contribution >= 4 is 50.7 Å². The van der Waals surface area contributed by atoms with E-state index < -0.39 is 34.3 Å². The molecule has 2 aromatic carbocycles. The zero-order chi connectivity index (χ0) is 26.2. The average molecular weight is 546 g/mol. The summed E-state index contributed by atoms with van der Waals surface area (Å²) in [6.07, 6.45) is 2.83. The molecule has 1 N–H and O–H groups in total. The van der Waals surface area contributed by atoms with Crippen LogP contribution in [0.3, 0.4) is 0 Å². The number of nitrogens with zero attached hydrogens (tertiary/aromatic N) is 2. The number of carbonyl (C=O) groups is 2. The first-order valence-electron chi connectivity index (χ1n) is 11.2. The lowest BCUT2D eigenvalue weighted by Gasteiger charge is -2.33. The number of nitrogens with one attached hydrogen (secondary N) is 1. The highest BCUT2D eigenvalue weighted by Crippen LogP contribution is 2.25. The van der Waals surface area contributed by atoms with Crippen LogP contribution in [-0.2, 0) is 26.2 Å². The van der Waals surface area contributed by atoms with E-state index in [0.29, 0.717) is 21.4 Å². The van der Waals surface area contributed by atoms with Gasteiger partial charge in [0.2, 0.25) is 21.8 Å². The Morgan fingerprint density at radius 2 is 1.77 bits per heavy atom. The third-order valence-corrected chi connectivity index (χ3v) is 7.22. The number of anilines is 1. The first-order valence-corrected chi connectivity index (χ1v) is 13.8. The van der Waals surface area contributed by atoms with E-state index in [1.54, 1.807) is 25.1 Å². The van der Waals surface area contributed by atoms with Crippen molar-refractivity contribution in [3.63, 3.8) is 0 Å². The molecule has 0 fully saturated rings. The molecule has 0 heterocycles. The van der Waals surface area contributed by atoms with E-state index in [4.69, 9.17) is 23.2 Å². The Kier molecular flexibility index (Phi) is 10.8. The van der Waals surface area contributed by atoms with Crippen LogP contribution in [0.15, 0.2) is 42.5 Å². The van der Waals surface area contributed by atoms with Gasteiger partial charge in [0.25, 0.3) is 0 Å². The highest BCUT2D eigenvalue weighted by molar-refractivity contribution is 7.92. The predicted octanol–water partition coefficient (Wildman–Crippen LogP) is 4.62. The molecule has 2 amide bonds. The maximum atomic E-state index is 14.5. The zero-order valence-corrected chi connectivity index (χ0v) is 22.3. The third kappa shape index (κ3) is 8.08. The van der Waals surface area contributed by atoms with Gasteiger partial charge in [-0.15, -0.1) is 0 Å². The van der Waals surface area contributed by atoms with E-state index in [0.717, 1.165) is 25.2 Å². The lowest BCUT2D eigenvalue weighted by molar-refractivity contribution is -0.140. The SMILES string of the molecule is CCCCNC(=O)[C@H](CC)N(Cc1ccc(Cl)c(Cl)c1)C(=O)CN(c1ccccc1F)S(C)(=O)=O. The van der Waals surface area contributed by atoms with E-state index in [2.05, 4.69) is 5.32 Å². The van der Waals surface area contributed by atoms with Crippen LogP contribution in [0.1, 0.15) is 38.7 Å². The molecule has 0 aliphatic carbocycles. The quantitative estimate of drug-likeness (QED) is 0.394. The number of sulfonamides is 1. The molecule has 0 spiro atoms. The molecule has 0 unspecified atom stereocenters. The van der Waals surface area contributed by atoms with Gasteiger partial charge in [-0.2, -0.15) is 0 Å². The molecule has 0 aromatic heterocycles. The van der Waals surface area contributed by atoms with Crippen LogP contribution in [-0.4, -0.2) is 50.5 Å². The fraction of sp³-hybridized carbons (Fsp3) is 0.417. The molecule has 0 radical (unpaired) electrons. The van der Waals surface area contributed by atoms with Gasteiger partial charge in [-0.05, 0) is 42.7 Å². The van der Waals surface area contributed by atoms with Crippen LogP contribution in [0.25, 0.3) is 0 Å². The Morgan fingerprint density at radius 1 is 1.09 bits per heavy atom. The Labute approximate surface area is 216 Å². The molecule has 0 saturated carbocycles. The van der Waals surface area contributed by atoms with Gasteiger partial charge in [-0.1, -0.05) is 61.7 Å². The van der Waals surface area contributed by atoms with Gasteiger partial charge in [0.1, 0.15) is 18.4 Å². The predicted molar refractivity (Wildman–Crippen MR) is 138 cm³/mol. The summed E-state index contributed by atoms with van der Waals surface area (Å²) >= 11 is 12.1. The molecule has 0 saturated heterocycles. The standard InChI is InChI=1S/C24H30Cl2FN3O4S/c1-4-6-13-28-24(32)21(5-2)29(15-17-11-12-18(25)19(26)14-17)23(31)16-30(35(3,33)34)22-10-8-7-9-20(22)27/h7-12,14,21H,4-6,13,15-16H2,1-3H3,(H,28,32)/t21-/m0/s1. The number of benzene rings is 2. The lowest BCUT2D eigenvalue weighted by Crippen LogP contribution is -2.52. The summed E-state index contributed by atoms with van der Waals surface area (Å²) in [5.74, 6) is -1.81. The van der Waals surface area contributed by atoms with Crippen molar-refractivity contribution in [1.82, 2.24) is 10.2 Å². The first-order chi connectivity index (χ1) is 16.5. The van der Waals surface area contributed by atoms with Gasteiger partial charge in [-0.3, -0.25) is 13.9 Å². The van der Waals surface area contributed by atoms with Gasteiger partial charge in [0.15, 0.2) is 0 Å². The summed E-state index contributed by atoms with van der Waals surface area (Å²) in [4.78, 5) is 27.8. The van der Waals surface area contributed by atoms with E-state index in [1.807, 2.05) is 6.92 Å². The normalized spacial score (nSPS) is 12.2.